The van der Waals surface area contributed by atoms with Crippen molar-refractivity contribution >= 4 is 7.82 Å². The van der Waals surface area contributed by atoms with Crippen molar-refractivity contribution in [2.24, 2.45) is 35.5 Å². The van der Waals surface area contributed by atoms with Gasteiger partial charge in [0.25, 0.3) is 0 Å². The van der Waals surface area contributed by atoms with Gasteiger partial charge in [-0.05, 0) is 144 Å². The lowest BCUT2D eigenvalue weighted by atomic mass is 9.96. The van der Waals surface area contributed by atoms with Crippen LogP contribution in [0.2, 0.25) is 0 Å². The maximum atomic E-state index is 15.1. The highest BCUT2D eigenvalue weighted by Crippen LogP contribution is 2.51. The summed E-state index contributed by atoms with van der Waals surface area (Å²) in [6.07, 6.45) is 5.42. The molecule has 3 aromatic rings. The van der Waals surface area contributed by atoms with Crippen LogP contribution in [0.3, 0.4) is 0 Å². The summed E-state index contributed by atoms with van der Waals surface area (Å²) in [5.41, 5.74) is 6.98. The largest absolute Gasteiger partial charge is 0.647 e. The maximum absolute atomic E-state index is 15.1. The predicted molar refractivity (Wildman–Crippen MR) is 200 cm³/mol. The minimum atomic E-state index is -4.21. The van der Waals surface area contributed by atoms with Gasteiger partial charge in [0.15, 0.2) is 0 Å². The first-order valence-electron chi connectivity index (χ1n) is 18.0. The second kappa shape index (κ2) is 17.6. The standard InChI is InChI=1S/C42H63O4P/c1-28(2)13-34-19-35(14-29(3)4)23-40(22-34)44-47(43,45-41-24-36(15-30(5)6)20-37(25-41)16-31(7)8)46-42-26-38(17-32(9)10)21-39(27-42)18-33(11)12/h19-33H,13-18H2,1-12H3. The normalized spacial score (nSPS) is 12.3. The minimum Gasteiger partial charge on any atom is -0.386 e. The molecule has 0 aliphatic heterocycles. The monoisotopic (exact) mass is 662 g/mol. The van der Waals surface area contributed by atoms with Crippen molar-refractivity contribution in [1.29, 1.82) is 0 Å². The van der Waals surface area contributed by atoms with Crippen LogP contribution in [0.15, 0.2) is 54.6 Å². The SMILES string of the molecule is CC(C)Cc1cc(CC(C)C)cc(OP(=O)(Oc2cc(CC(C)C)cc(CC(C)C)c2)Oc2cc(CC(C)C)cc(CC(C)C)c2)c1. The Morgan fingerprint density at radius 2 is 0.532 bits per heavy atom. The number of phosphoric ester groups is 1. The van der Waals surface area contributed by atoms with E-state index in [1.807, 2.05) is 36.4 Å². The van der Waals surface area contributed by atoms with E-state index >= 15 is 4.57 Å². The number of phosphoric acid groups is 1. The van der Waals surface area contributed by atoms with Gasteiger partial charge >= 0.3 is 7.82 Å². The van der Waals surface area contributed by atoms with Crippen LogP contribution in [0.1, 0.15) is 116 Å². The molecule has 47 heavy (non-hydrogen) atoms. The van der Waals surface area contributed by atoms with Crippen molar-refractivity contribution in [3.05, 3.63) is 88.0 Å². The number of rotatable bonds is 18. The molecule has 0 saturated carbocycles. The first kappa shape index (κ1) is 38.7. The first-order valence-corrected chi connectivity index (χ1v) is 19.5. The van der Waals surface area contributed by atoms with Crippen molar-refractivity contribution in [3.8, 4) is 17.2 Å². The molecule has 3 aromatic carbocycles. The smallest absolute Gasteiger partial charge is 0.386 e. The van der Waals surface area contributed by atoms with E-state index in [0.29, 0.717) is 52.8 Å². The topological polar surface area (TPSA) is 44.8 Å². The van der Waals surface area contributed by atoms with Gasteiger partial charge in [0.2, 0.25) is 0 Å². The van der Waals surface area contributed by atoms with E-state index < -0.39 is 7.82 Å². The average Bonchev–Trinajstić information content (AvgIpc) is 2.85. The Kier molecular flexibility index (Phi) is 14.5. The van der Waals surface area contributed by atoms with Gasteiger partial charge in [-0.2, -0.15) is 4.57 Å². The Morgan fingerprint density at radius 1 is 0.362 bits per heavy atom. The zero-order valence-electron chi connectivity index (χ0n) is 31.5. The third-order valence-corrected chi connectivity index (χ3v) is 8.90. The lowest BCUT2D eigenvalue weighted by molar-refractivity contribution is 0.298. The van der Waals surface area contributed by atoms with Gasteiger partial charge in [0.05, 0.1) is 0 Å². The fraction of sp³-hybridized carbons (Fsp3) is 0.571. The molecule has 0 amide bonds. The lowest BCUT2D eigenvalue weighted by Crippen LogP contribution is -2.10. The predicted octanol–water partition coefficient (Wildman–Crippen LogP) is 12.5. The molecule has 0 aliphatic carbocycles. The van der Waals surface area contributed by atoms with Crippen LogP contribution in [0.25, 0.3) is 0 Å². The molecule has 4 nitrogen and oxygen atoms in total. The fourth-order valence-electron chi connectivity index (χ4n) is 6.32. The van der Waals surface area contributed by atoms with E-state index in [9.17, 15) is 0 Å². The Hall–Kier alpha value is -2.71. The van der Waals surface area contributed by atoms with Crippen LogP contribution in [-0.4, -0.2) is 0 Å². The van der Waals surface area contributed by atoms with Gasteiger partial charge in [0, 0.05) is 0 Å². The molecule has 0 saturated heterocycles. The van der Waals surface area contributed by atoms with Gasteiger partial charge < -0.3 is 13.6 Å². The van der Waals surface area contributed by atoms with E-state index in [1.165, 1.54) is 0 Å². The summed E-state index contributed by atoms with van der Waals surface area (Å²) in [6, 6.07) is 18.8. The fourth-order valence-corrected chi connectivity index (χ4v) is 7.53. The Labute approximate surface area is 287 Å². The summed E-state index contributed by atoms with van der Waals surface area (Å²) in [5.74, 6) is 4.40. The summed E-state index contributed by atoms with van der Waals surface area (Å²) in [7, 11) is -4.21. The highest BCUT2D eigenvalue weighted by atomic mass is 31.2. The molecule has 0 bridgehead atoms. The molecule has 3 rings (SSSR count). The lowest BCUT2D eigenvalue weighted by Gasteiger charge is -2.22. The van der Waals surface area contributed by atoms with Crippen molar-refractivity contribution in [2.45, 2.75) is 122 Å². The van der Waals surface area contributed by atoms with Crippen LogP contribution in [0.5, 0.6) is 17.2 Å². The molecule has 0 spiro atoms. The number of hydrogen-bond acceptors (Lipinski definition) is 4. The second-order valence-corrected chi connectivity index (χ2v) is 17.7. The second-order valence-electron chi connectivity index (χ2n) is 16.3. The van der Waals surface area contributed by atoms with Crippen LogP contribution < -0.4 is 13.6 Å². The number of benzene rings is 3. The average molecular weight is 663 g/mol. The van der Waals surface area contributed by atoms with Crippen molar-refractivity contribution < 1.29 is 18.1 Å². The van der Waals surface area contributed by atoms with E-state index in [1.54, 1.807) is 0 Å². The molecule has 0 unspecified atom stereocenters. The molecule has 5 heteroatoms. The van der Waals surface area contributed by atoms with Gasteiger partial charge in [-0.15, -0.1) is 0 Å². The van der Waals surface area contributed by atoms with Crippen LogP contribution in [-0.2, 0) is 43.1 Å². The number of hydrogen-bond donors (Lipinski definition) is 0. The minimum absolute atomic E-state index is 0.475. The third-order valence-electron chi connectivity index (χ3n) is 7.59. The summed E-state index contributed by atoms with van der Waals surface area (Å²) in [6.45, 7) is 26.6. The summed E-state index contributed by atoms with van der Waals surface area (Å²) >= 11 is 0. The van der Waals surface area contributed by atoms with Crippen molar-refractivity contribution in [1.82, 2.24) is 0 Å². The molecule has 0 N–H and O–H groups in total. The van der Waals surface area contributed by atoms with Gasteiger partial charge in [0.1, 0.15) is 17.2 Å². The summed E-state index contributed by atoms with van der Waals surface area (Å²) in [4.78, 5) is 0. The van der Waals surface area contributed by atoms with E-state index in [-0.39, 0.29) is 0 Å². The first-order chi connectivity index (χ1) is 22.0. The Balaban J connectivity index is 2.16. The van der Waals surface area contributed by atoms with Gasteiger partial charge in [-0.25, -0.2) is 0 Å². The third kappa shape index (κ3) is 14.1. The highest BCUT2D eigenvalue weighted by Gasteiger charge is 2.34. The quantitative estimate of drug-likeness (QED) is 0.127. The maximum Gasteiger partial charge on any atom is 0.647 e. The van der Waals surface area contributed by atoms with E-state index in [2.05, 4.69) is 101 Å². The molecular weight excluding hydrogens is 599 g/mol. The Bertz CT molecular complexity index is 1210. The molecule has 0 fully saturated rings. The highest BCUT2D eigenvalue weighted by molar-refractivity contribution is 7.49. The Morgan fingerprint density at radius 3 is 0.681 bits per heavy atom. The van der Waals surface area contributed by atoms with Crippen molar-refractivity contribution in [3.63, 3.8) is 0 Å². The zero-order valence-corrected chi connectivity index (χ0v) is 32.4. The molecular formula is C42H63O4P. The molecule has 260 valence electrons. The molecule has 0 aliphatic rings. The summed E-state index contributed by atoms with van der Waals surface area (Å²) < 4.78 is 34.4. The molecule has 0 heterocycles. The molecule has 0 radical (unpaired) electrons. The van der Waals surface area contributed by atoms with Crippen molar-refractivity contribution in [2.75, 3.05) is 0 Å². The summed E-state index contributed by atoms with van der Waals surface area (Å²) in [5, 5.41) is 0. The van der Waals surface area contributed by atoms with Gasteiger partial charge in [-0.3, -0.25) is 0 Å². The molecule has 0 aromatic heterocycles. The van der Waals surface area contributed by atoms with E-state index in [4.69, 9.17) is 13.6 Å². The van der Waals surface area contributed by atoms with Crippen LogP contribution in [0, 0.1) is 35.5 Å². The van der Waals surface area contributed by atoms with Crippen LogP contribution >= 0.6 is 7.82 Å². The van der Waals surface area contributed by atoms with E-state index in [0.717, 1.165) is 71.9 Å². The van der Waals surface area contributed by atoms with Crippen LogP contribution in [0.4, 0.5) is 0 Å². The molecule has 0 atom stereocenters. The zero-order chi connectivity index (χ0) is 34.9. The van der Waals surface area contributed by atoms with Gasteiger partial charge in [-0.1, -0.05) is 101 Å².